The zero-order chi connectivity index (χ0) is 15.1. The standard InChI is InChI=1S/C19H31NO/c1-15(2)21-13-7-6-12-20-16(3)18-11-10-17-8-4-5-9-19(17)14-18/h10-11,14-16,20H,4-9,12-13H2,1-3H3. The molecule has 0 fully saturated rings. The Kier molecular flexibility index (Phi) is 6.72. The van der Waals surface area contributed by atoms with Crippen LogP contribution in [0, 0.1) is 0 Å². The number of benzene rings is 1. The van der Waals surface area contributed by atoms with Gasteiger partial charge in [-0.2, -0.15) is 0 Å². The summed E-state index contributed by atoms with van der Waals surface area (Å²) in [4.78, 5) is 0. The molecule has 0 aliphatic heterocycles. The first-order valence-electron chi connectivity index (χ1n) is 8.63. The lowest BCUT2D eigenvalue weighted by atomic mass is 9.89. The fourth-order valence-electron chi connectivity index (χ4n) is 3.01. The molecule has 1 N–H and O–H groups in total. The molecule has 1 atom stereocenters. The van der Waals surface area contributed by atoms with Crippen molar-refractivity contribution in [3.05, 3.63) is 34.9 Å². The molecular weight excluding hydrogens is 258 g/mol. The smallest absolute Gasteiger partial charge is 0.0518 e. The van der Waals surface area contributed by atoms with Crippen molar-refractivity contribution in [2.45, 2.75) is 71.4 Å². The van der Waals surface area contributed by atoms with E-state index in [2.05, 4.69) is 44.3 Å². The summed E-state index contributed by atoms with van der Waals surface area (Å²) in [6.07, 6.45) is 7.93. The summed E-state index contributed by atoms with van der Waals surface area (Å²) < 4.78 is 5.57. The van der Waals surface area contributed by atoms with Gasteiger partial charge in [0.2, 0.25) is 0 Å². The van der Waals surface area contributed by atoms with Gasteiger partial charge in [-0.1, -0.05) is 18.2 Å². The van der Waals surface area contributed by atoms with E-state index in [1.165, 1.54) is 37.7 Å². The molecule has 0 spiro atoms. The van der Waals surface area contributed by atoms with Gasteiger partial charge in [-0.3, -0.25) is 0 Å². The highest BCUT2D eigenvalue weighted by Crippen LogP contribution is 2.24. The first kappa shape index (κ1) is 16.5. The third-order valence-corrected chi connectivity index (χ3v) is 4.35. The Morgan fingerprint density at radius 1 is 1.05 bits per heavy atom. The van der Waals surface area contributed by atoms with Gasteiger partial charge in [-0.05, 0) is 82.5 Å². The molecule has 0 radical (unpaired) electrons. The summed E-state index contributed by atoms with van der Waals surface area (Å²) in [5.41, 5.74) is 4.59. The van der Waals surface area contributed by atoms with Gasteiger partial charge in [0.1, 0.15) is 0 Å². The summed E-state index contributed by atoms with van der Waals surface area (Å²) >= 11 is 0. The van der Waals surface area contributed by atoms with E-state index >= 15 is 0 Å². The van der Waals surface area contributed by atoms with Gasteiger partial charge < -0.3 is 10.1 Å². The van der Waals surface area contributed by atoms with Gasteiger partial charge in [-0.25, -0.2) is 0 Å². The number of hydrogen-bond acceptors (Lipinski definition) is 2. The molecular formula is C19H31NO. The second-order valence-electron chi connectivity index (χ2n) is 6.54. The third kappa shape index (κ3) is 5.44. The van der Waals surface area contributed by atoms with E-state index < -0.39 is 0 Å². The van der Waals surface area contributed by atoms with E-state index in [-0.39, 0.29) is 0 Å². The Morgan fingerprint density at radius 3 is 2.57 bits per heavy atom. The van der Waals surface area contributed by atoms with Crippen LogP contribution in [-0.4, -0.2) is 19.3 Å². The number of fused-ring (bicyclic) bond motifs is 1. The highest BCUT2D eigenvalue weighted by atomic mass is 16.5. The highest BCUT2D eigenvalue weighted by Gasteiger charge is 2.12. The van der Waals surface area contributed by atoms with Crippen LogP contribution in [0.1, 0.15) is 69.2 Å². The summed E-state index contributed by atoms with van der Waals surface area (Å²) in [6, 6.07) is 7.53. The van der Waals surface area contributed by atoms with Gasteiger partial charge in [-0.15, -0.1) is 0 Å². The maximum Gasteiger partial charge on any atom is 0.0518 e. The van der Waals surface area contributed by atoms with E-state index in [9.17, 15) is 0 Å². The van der Waals surface area contributed by atoms with Gasteiger partial charge in [0.15, 0.2) is 0 Å². The molecule has 1 aromatic carbocycles. The summed E-state index contributed by atoms with van der Waals surface area (Å²) in [5.74, 6) is 0. The largest absolute Gasteiger partial charge is 0.379 e. The van der Waals surface area contributed by atoms with Gasteiger partial charge in [0, 0.05) is 12.6 Å². The molecule has 2 heteroatoms. The van der Waals surface area contributed by atoms with Crippen molar-refractivity contribution < 1.29 is 4.74 Å². The second-order valence-corrected chi connectivity index (χ2v) is 6.54. The number of ether oxygens (including phenoxy) is 1. The maximum absolute atomic E-state index is 5.57. The predicted octanol–water partition coefficient (Wildman–Crippen LogP) is 4.42. The third-order valence-electron chi connectivity index (χ3n) is 4.35. The maximum atomic E-state index is 5.57. The molecule has 1 aliphatic carbocycles. The molecule has 0 saturated carbocycles. The fraction of sp³-hybridized carbons (Fsp3) is 0.684. The molecule has 21 heavy (non-hydrogen) atoms. The highest BCUT2D eigenvalue weighted by molar-refractivity contribution is 5.35. The van der Waals surface area contributed by atoms with E-state index in [4.69, 9.17) is 4.74 Å². The van der Waals surface area contributed by atoms with E-state index in [1.807, 2.05) is 0 Å². The molecule has 0 heterocycles. The second kappa shape index (κ2) is 8.55. The normalized spacial score (nSPS) is 16.0. The van der Waals surface area contributed by atoms with Gasteiger partial charge in [0.05, 0.1) is 6.10 Å². The number of rotatable bonds is 8. The first-order valence-corrected chi connectivity index (χ1v) is 8.63. The first-order chi connectivity index (χ1) is 10.2. The van der Waals surface area contributed by atoms with Crippen molar-refractivity contribution in [3.63, 3.8) is 0 Å². The minimum atomic E-state index is 0.354. The molecule has 0 aromatic heterocycles. The quantitative estimate of drug-likeness (QED) is 0.715. The van der Waals surface area contributed by atoms with Crippen LogP contribution in [0.3, 0.4) is 0 Å². The summed E-state index contributed by atoms with van der Waals surface area (Å²) in [6.45, 7) is 8.41. The van der Waals surface area contributed by atoms with Crippen LogP contribution >= 0.6 is 0 Å². The van der Waals surface area contributed by atoms with E-state index in [1.54, 1.807) is 11.1 Å². The number of nitrogens with one attached hydrogen (secondary N) is 1. The average molecular weight is 289 g/mol. The average Bonchev–Trinajstić information content (AvgIpc) is 2.49. The zero-order valence-corrected chi connectivity index (χ0v) is 14.0. The van der Waals surface area contributed by atoms with Gasteiger partial charge in [0.25, 0.3) is 0 Å². The molecule has 1 unspecified atom stereocenters. The lowest BCUT2D eigenvalue weighted by molar-refractivity contribution is 0.0759. The van der Waals surface area contributed by atoms with Crippen LogP contribution in [-0.2, 0) is 17.6 Å². The molecule has 2 rings (SSSR count). The summed E-state index contributed by atoms with van der Waals surface area (Å²) in [5, 5.41) is 3.64. The van der Waals surface area contributed by atoms with Crippen molar-refractivity contribution in [1.29, 1.82) is 0 Å². The molecule has 2 nitrogen and oxygen atoms in total. The van der Waals surface area contributed by atoms with E-state index in [0.717, 1.165) is 19.6 Å². The molecule has 1 aliphatic rings. The Hall–Kier alpha value is -0.860. The predicted molar refractivity (Wildman–Crippen MR) is 89.8 cm³/mol. The number of aryl methyl sites for hydroxylation is 2. The Balaban J connectivity index is 1.72. The lowest BCUT2D eigenvalue weighted by Crippen LogP contribution is -2.20. The topological polar surface area (TPSA) is 21.3 Å². The SMILES string of the molecule is CC(C)OCCCCNC(C)c1ccc2c(c1)CCCC2. The van der Waals surface area contributed by atoms with Crippen LogP contribution < -0.4 is 5.32 Å². The molecule has 0 bridgehead atoms. The lowest BCUT2D eigenvalue weighted by Gasteiger charge is -2.20. The number of unbranched alkanes of at least 4 members (excludes halogenated alkanes) is 1. The van der Waals surface area contributed by atoms with Crippen molar-refractivity contribution in [3.8, 4) is 0 Å². The number of hydrogen-bond donors (Lipinski definition) is 1. The van der Waals surface area contributed by atoms with Crippen LogP contribution in [0.4, 0.5) is 0 Å². The van der Waals surface area contributed by atoms with Crippen molar-refractivity contribution >= 4 is 0 Å². The Morgan fingerprint density at radius 2 is 1.81 bits per heavy atom. The Labute approximate surface area is 130 Å². The molecule has 0 saturated heterocycles. The van der Waals surface area contributed by atoms with Crippen molar-refractivity contribution in [1.82, 2.24) is 5.32 Å². The van der Waals surface area contributed by atoms with Crippen LogP contribution in [0.25, 0.3) is 0 Å². The van der Waals surface area contributed by atoms with Crippen LogP contribution in [0.2, 0.25) is 0 Å². The van der Waals surface area contributed by atoms with Gasteiger partial charge >= 0.3 is 0 Å². The Bertz CT molecular complexity index is 428. The molecule has 1 aromatic rings. The molecule has 118 valence electrons. The van der Waals surface area contributed by atoms with Crippen molar-refractivity contribution in [2.24, 2.45) is 0 Å². The zero-order valence-electron chi connectivity index (χ0n) is 14.0. The fourth-order valence-corrected chi connectivity index (χ4v) is 3.01. The minimum absolute atomic E-state index is 0.354. The van der Waals surface area contributed by atoms with Crippen molar-refractivity contribution in [2.75, 3.05) is 13.2 Å². The van der Waals surface area contributed by atoms with Crippen LogP contribution in [0.15, 0.2) is 18.2 Å². The van der Waals surface area contributed by atoms with E-state index in [0.29, 0.717) is 12.1 Å². The summed E-state index contributed by atoms with van der Waals surface area (Å²) in [7, 11) is 0. The minimum Gasteiger partial charge on any atom is -0.379 e. The molecule has 0 amide bonds. The monoisotopic (exact) mass is 289 g/mol. The van der Waals surface area contributed by atoms with Crippen LogP contribution in [0.5, 0.6) is 0 Å².